The third-order valence-corrected chi connectivity index (χ3v) is 5.37. The number of benzene rings is 2. The number of Topliss-reactive ketones (excluding diaryl/α,β-unsaturated/α-hetero) is 1. The van der Waals surface area contributed by atoms with E-state index >= 15 is 0 Å². The molecule has 0 atom stereocenters. The summed E-state index contributed by atoms with van der Waals surface area (Å²) in [6.07, 6.45) is 0. The maximum atomic E-state index is 12.6. The average Bonchev–Trinajstić information content (AvgIpc) is 2.60. The number of carbonyl (C=O) groups excluding carboxylic acids is 2. The third kappa shape index (κ3) is 3.46. The van der Waals surface area contributed by atoms with E-state index in [1.54, 1.807) is 0 Å². The lowest BCUT2D eigenvalue weighted by Crippen LogP contribution is -2.26. The number of hydrogen-bond acceptors (Lipinski definition) is 5. The highest BCUT2D eigenvalue weighted by Gasteiger charge is 2.21. The van der Waals surface area contributed by atoms with E-state index in [1.165, 1.54) is 69.6 Å². The average molecular weight is 347 g/mol. The normalized spacial score (nSPS) is 11.0. The molecule has 0 aromatic heterocycles. The highest BCUT2D eigenvalue weighted by molar-refractivity contribution is 7.92. The molecule has 126 valence electrons. The molecule has 2 rings (SSSR count). The van der Waals surface area contributed by atoms with Crippen LogP contribution in [-0.2, 0) is 14.8 Å². The largest absolute Gasteiger partial charge is 0.465 e. The van der Waals surface area contributed by atoms with Crippen LogP contribution in [-0.4, -0.2) is 34.3 Å². The van der Waals surface area contributed by atoms with Crippen molar-refractivity contribution in [2.24, 2.45) is 0 Å². The molecule has 0 radical (unpaired) electrons. The monoisotopic (exact) mass is 347 g/mol. The second-order valence-corrected chi connectivity index (χ2v) is 7.06. The van der Waals surface area contributed by atoms with Gasteiger partial charge in [0.15, 0.2) is 5.78 Å². The van der Waals surface area contributed by atoms with Crippen molar-refractivity contribution in [2.45, 2.75) is 11.8 Å². The van der Waals surface area contributed by atoms with Gasteiger partial charge >= 0.3 is 5.97 Å². The molecule has 24 heavy (non-hydrogen) atoms. The maximum Gasteiger partial charge on any atom is 0.337 e. The Bertz CT molecular complexity index is 855. The molecule has 7 heteroatoms. The molecule has 0 aliphatic carbocycles. The van der Waals surface area contributed by atoms with Crippen molar-refractivity contribution >= 4 is 27.5 Å². The van der Waals surface area contributed by atoms with Crippen molar-refractivity contribution in [3.05, 3.63) is 59.7 Å². The predicted octanol–water partition coefficient (Wildman–Crippen LogP) is 2.50. The number of rotatable bonds is 5. The Morgan fingerprint density at radius 3 is 1.88 bits per heavy atom. The SMILES string of the molecule is COC(=O)c1ccc(N(C)S(=O)(=O)c2ccc(C(C)=O)cc2)cc1. The molecule has 0 aliphatic heterocycles. The number of sulfonamides is 1. The minimum Gasteiger partial charge on any atom is -0.465 e. The van der Waals surface area contributed by atoms with Gasteiger partial charge in [-0.05, 0) is 43.3 Å². The minimum atomic E-state index is -3.77. The summed E-state index contributed by atoms with van der Waals surface area (Å²) in [5.74, 6) is -0.627. The summed E-state index contributed by atoms with van der Waals surface area (Å²) in [7, 11) is -1.07. The summed E-state index contributed by atoms with van der Waals surface area (Å²) in [6, 6.07) is 11.8. The Morgan fingerprint density at radius 1 is 0.917 bits per heavy atom. The zero-order chi connectivity index (χ0) is 17.9. The minimum absolute atomic E-state index is 0.0760. The van der Waals surface area contributed by atoms with Crippen molar-refractivity contribution in [1.29, 1.82) is 0 Å². The maximum absolute atomic E-state index is 12.6. The molecule has 0 saturated carbocycles. The van der Waals surface area contributed by atoms with Crippen LogP contribution in [0.3, 0.4) is 0 Å². The Hall–Kier alpha value is -2.67. The fourth-order valence-electron chi connectivity index (χ4n) is 2.08. The van der Waals surface area contributed by atoms with Crippen LogP contribution in [0.1, 0.15) is 27.6 Å². The van der Waals surface area contributed by atoms with Gasteiger partial charge < -0.3 is 4.74 Å². The first-order chi connectivity index (χ1) is 11.3. The van der Waals surface area contributed by atoms with Crippen LogP contribution < -0.4 is 4.31 Å². The van der Waals surface area contributed by atoms with Gasteiger partial charge in [0.25, 0.3) is 10.0 Å². The molecule has 0 bridgehead atoms. The smallest absolute Gasteiger partial charge is 0.337 e. The van der Waals surface area contributed by atoms with Crippen molar-refractivity contribution in [2.75, 3.05) is 18.5 Å². The van der Waals surface area contributed by atoms with E-state index in [9.17, 15) is 18.0 Å². The third-order valence-electron chi connectivity index (χ3n) is 3.57. The molecule has 6 nitrogen and oxygen atoms in total. The van der Waals surface area contributed by atoms with Gasteiger partial charge in [0.1, 0.15) is 0 Å². The summed E-state index contributed by atoms with van der Waals surface area (Å²) in [5, 5.41) is 0. The number of carbonyl (C=O) groups is 2. The second kappa shape index (κ2) is 6.84. The molecule has 0 saturated heterocycles. The van der Waals surface area contributed by atoms with Crippen LogP contribution in [0.2, 0.25) is 0 Å². The van der Waals surface area contributed by atoms with Gasteiger partial charge in [-0.25, -0.2) is 13.2 Å². The lowest BCUT2D eigenvalue weighted by Gasteiger charge is -2.19. The number of nitrogens with zero attached hydrogens (tertiary/aromatic N) is 1. The molecule has 0 fully saturated rings. The quantitative estimate of drug-likeness (QED) is 0.613. The highest BCUT2D eigenvalue weighted by Crippen LogP contribution is 2.23. The predicted molar refractivity (Wildman–Crippen MR) is 89.8 cm³/mol. The van der Waals surface area contributed by atoms with E-state index in [1.807, 2.05) is 0 Å². The molecule has 0 heterocycles. The summed E-state index contributed by atoms with van der Waals surface area (Å²) in [6.45, 7) is 1.42. The molecule has 0 spiro atoms. The number of methoxy groups -OCH3 is 1. The van der Waals surface area contributed by atoms with E-state index in [2.05, 4.69) is 4.74 Å². The Labute approximate surface area is 140 Å². The second-order valence-electron chi connectivity index (χ2n) is 5.09. The van der Waals surface area contributed by atoms with Gasteiger partial charge in [0, 0.05) is 12.6 Å². The molecule has 0 aliphatic rings. The molecule has 0 amide bonds. The fraction of sp³-hybridized carbons (Fsp3) is 0.176. The fourth-order valence-corrected chi connectivity index (χ4v) is 3.28. The number of esters is 1. The van der Waals surface area contributed by atoms with Crippen LogP contribution in [0.5, 0.6) is 0 Å². The van der Waals surface area contributed by atoms with Gasteiger partial charge in [-0.1, -0.05) is 12.1 Å². The Balaban J connectivity index is 2.31. The van der Waals surface area contributed by atoms with Crippen LogP contribution in [0, 0.1) is 0 Å². The number of hydrogen-bond donors (Lipinski definition) is 0. The first kappa shape index (κ1) is 17.7. The summed E-state index contributed by atoms with van der Waals surface area (Å²) >= 11 is 0. The van der Waals surface area contributed by atoms with Gasteiger partial charge in [-0.15, -0.1) is 0 Å². The van der Waals surface area contributed by atoms with Gasteiger partial charge in [0.05, 0.1) is 23.3 Å². The van der Waals surface area contributed by atoms with Gasteiger partial charge in [-0.2, -0.15) is 0 Å². The van der Waals surface area contributed by atoms with Crippen LogP contribution >= 0.6 is 0 Å². The molecular weight excluding hydrogens is 330 g/mol. The topological polar surface area (TPSA) is 80.8 Å². The molecule has 0 N–H and O–H groups in total. The molecule has 0 unspecified atom stereocenters. The van der Waals surface area contributed by atoms with Crippen molar-refractivity contribution in [3.63, 3.8) is 0 Å². The summed E-state index contributed by atoms with van der Waals surface area (Å²) < 4.78 is 31.0. The standard InChI is InChI=1S/C17H17NO5S/c1-12(19)13-6-10-16(11-7-13)24(21,22)18(2)15-8-4-14(5-9-15)17(20)23-3/h4-11H,1-3H3. The van der Waals surface area contributed by atoms with E-state index in [4.69, 9.17) is 0 Å². The number of ketones is 1. The lowest BCUT2D eigenvalue weighted by atomic mass is 10.2. The Kier molecular flexibility index (Phi) is 5.04. The van der Waals surface area contributed by atoms with Crippen molar-refractivity contribution in [1.82, 2.24) is 0 Å². The first-order valence-electron chi connectivity index (χ1n) is 7.05. The number of ether oxygens (including phenoxy) is 1. The highest BCUT2D eigenvalue weighted by atomic mass is 32.2. The zero-order valence-electron chi connectivity index (χ0n) is 13.5. The molecule has 2 aromatic carbocycles. The molecule has 2 aromatic rings. The van der Waals surface area contributed by atoms with E-state index in [0.717, 1.165) is 4.31 Å². The van der Waals surface area contributed by atoms with E-state index < -0.39 is 16.0 Å². The molecular formula is C17H17NO5S. The number of anilines is 1. The first-order valence-corrected chi connectivity index (χ1v) is 8.49. The Morgan fingerprint density at radius 2 is 1.42 bits per heavy atom. The van der Waals surface area contributed by atoms with Crippen molar-refractivity contribution < 1.29 is 22.7 Å². The zero-order valence-corrected chi connectivity index (χ0v) is 14.3. The van der Waals surface area contributed by atoms with Crippen molar-refractivity contribution in [3.8, 4) is 0 Å². The summed E-state index contributed by atoms with van der Waals surface area (Å²) in [5.41, 5.74) is 1.18. The van der Waals surface area contributed by atoms with Gasteiger partial charge in [-0.3, -0.25) is 9.10 Å². The van der Waals surface area contributed by atoms with E-state index in [0.29, 0.717) is 16.8 Å². The summed E-state index contributed by atoms with van der Waals surface area (Å²) in [4.78, 5) is 22.8. The lowest BCUT2D eigenvalue weighted by molar-refractivity contribution is 0.0600. The van der Waals surface area contributed by atoms with Crippen LogP contribution in [0.4, 0.5) is 5.69 Å². The van der Waals surface area contributed by atoms with Crippen LogP contribution in [0.15, 0.2) is 53.4 Å². The van der Waals surface area contributed by atoms with E-state index in [-0.39, 0.29) is 10.7 Å². The van der Waals surface area contributed by atoms with Crippen LogP contribution in [0.25, 0.3) is 0 Å². The van der Waals surface area contributed by atoms with Gasteiger partial charge in [0.2, 0.25) is 0 Å².